The summed E-state index contributed by atoms with van der Waals surface area (Å²) in [6.45, 7) is 6.26. The Kier molecular flexibility index (Phi) is 3.45. The Morgan fingerprint density at radius 2 is 1.90 bits per heavy atom. The highest BCUT2D eigenvalue weighted by atomic mass is 16.6. The number of ether oxygens (including phenoxy) is 2. The molecular weight excluding hydrogens is 268 g/mol. The van der Waals surface area contributed by atoms with E-state index in [0.29, 0.717) is 18.1 Å². The van der Waals surface area contributed by atoms with Crippen LogP contribution in [0.3, 0.4) is 0 Å². The standard InChI is InChI=1S/C17H26O4/c1-12(2)14(19)21-17-6-13-4-15(8-17,10-18)7-16(5-13,9-17)11-20-3/h13,18H,1,4-11H2,2-3H3. The average Bonchev–Trinajstić information content (AvgIpc) is 2.36. The third-order valence-corrected chi connectivity index (χ3v) is 5.69. The summed E-state index contributed by atoms with van der Waals surface area (Å²) in [5.74, 6) is 0.235. The van der Waals surface area contributed by atoms with E-state index in [1.54, 1.807) is 14.0 Å². The zero-order valence-electron chi connectivity index (χ0n) is 13.1. The van der Waals surface area contributed by atoms with Gasteiger partial charge in [-0.1, -0.05) is 6.58 Å². The Hall–Kier alpha value is -0.870. The molecule has 4 unspecified atom stereocenters. The molecule has 1 N–H and O–H groups in total. The van der Waals surface area contributed by atoms with Gasteiger partial charge in [-0.15, -0.1) is 0 Å². The summed E-state index contributed by atoms with van der Waals surface area (Å²) in [4.78, 5) is 12.1. The molecule has 0 aliphatic heterocycles. The molecule has 21 heavy (non-hydrogen) atoms. The molecule has 0 saturated heterocycles. The van der Waals surface area contributed by atoms with Gasteiger partial charge in [-0.2, -0.15) is 0 Å². The van der Waals surface area contributed by atoms with Gasteiger partial charge in [-0.3, -0.25) is 0 Å². The van der Waals surface area contributed by atoms with Crippen molar-refractivity contribution in [3.63, 3.8) is 0 Å². The van der Waals surface area contributed by atoms with E-state index in [9.17, 15) is 9.90 Å². The van der Waals surface area contributed by atoms with E-state index >= 15 is 0 Å². The van der Waals surface area contributed by atoms with Gasteiger partial charge in [0.2, 0.25) is 0 Å². The fraction of sp³-hybridized carbons (Fsp3) is 0.824. The number of aliphatic hydroxyl groups is 1. The first-order valence-electron chi connectivity index (χ1n) is 7.84. The normalized spacial score (nSPS) is 43.9. The van der Waals surface area contributed by atoms with Crippen LogP contribution in [0.2, 0.25) is 0 Å². The smallest absolute Gasteiger partial charge is 0.333 e. The van der Waals surface area contributed by atoms with Crippen LogP contribution in [-0.4, -0.2) is 37.0 Å². The van der Waals surface area contributed by atoms with Crippen LogP contribution in [0.1, 0.15) is 45.4 Å². The largest absolute Gasteiger partial charge is 0.456 e. The predicted molar refractivity (Wildman–Crippen MR) is 78.7 cm³/mol. The maximum Gasteiger partial charge on any atom is 0.333 e. The van der Waals surface area contributed by atoms with Gasteiger partial charge in [0.15, 0.2) is 0 Å². The lowest BCUT2D eigenvalue weighted by Gasteiger charge is -2.65. The SMILES string of the molecule is C=C(C)C(=O)OC12CC3CC(CO)(CC(COC)(C3)C1)C2. The van der Waals surface area contributed by atoms with Crippen molar-refractivity contribution >= 4 is 5.97 Å². The molecule has 4 rings (SSSR count). The number of hydrogen-bond donors (Lipinski definition) is 1. The molecule has 0 spiro atoms. The Labute approximate surface area is 126 Å². The quantitative estimate of drug-likeness (QED) is 0.625. The first-order valence-corrected chi connectivity index (χ1v) is 7.84. The lowest BCUT2D eigenvalue weighted by Crippen LogP contribution is -2.63. The van der Waals surface area contributed by atoms with Gasteiger partial charge in [0.25, 0.3) is 0 Å². The molecule has 4 aliphatic rings. The summed E-state index contributed by atoms with van der Waals surface area (Å²) < 4.78 is 11.4. The maximum absolute atomic E-state index is 12.1. The predicted octanol–water partition coefficient (Wildman–Crippen LogP) is 2.45. The third kappa shape index (κ3) is 2.42. The molecule has 0 amide bonds. The highest BCUT2D eigenvalue weighted by Crippen LogP contribution is 2.67. The lowest BCUT2D eigenvalue weighted by molar-refractivity contribution is -0.234. The summed E-state index contributed by atoms with van der Waals surface area (Å²) in [5, 5.41) is 9.97. The van der Waals surface area contributed by atoms with E-state index in [2.05, 4.69) is 6.58 Å². The zero-order valence-corrected chi connectivity index (χ0v) is 13.1. The van der Waals surface area contributed by atoms with Crippen molar-refractivity contribution in [1.29, 1.82) is 0 Å². The van der Waals surface area contributed by atoms with Crippen LogP contribution in [-0.2, 0) is 14.3 Å². The van der Waals surface area contributed by atoms with E-state index < -0.39 is 5.60 Å². The third-order valence-electron chi connectivity index (χ3n) is 5.69. The average molecular weight is 294 g/mol. The van der Waals surface area contributed by atoms with Gasteiger partial charge in [0.05, 0.1) is 6.61 Å². The van der Waals surface area contributed by atoms with Gasteiger partial charge >= 0.3 is 5.97 Å². The van der Waals surface area contributed by atoms with Crippen molar-refractivity contribution < 1.29 is 19.4 Å². The number of hydrogen-bond acceptors (Lipinski definition) is 4. The van der Waals surface area contributed by atoms with Gasteiger partial charge in [0, 0.05) is 19.3 Å². The molecule has 0 radical (unpaired) electrons. The highest BCUT2D eigenvalue weighted by molar-refractivity contribution is 5.87. The molecule has 118 valence electrons. The fourth-order valence-electron chi connectivity index (χ4n) is 5.79. The second kappa shape index (κ2) is 4.82. The highest BCUT2D eigenvalue weighted by Gasteiger charge is 2.64. The van der Waals surface area contributed by atoms with Gasteiger partial charge < -0.3 is 14.6 Å². The number of aliphatic hydroxyl groups excluding tert-OH is 1. The van der Waals surface area contributed by atoms with Crippen molar-refractivity contribution in [3.8, 4) is 0 Å². The van der Waals surface area contributed by atoms with Crippen molar-refractivity contribution in [1.82, 2.24) is 0 Å². The van der Waals surface area contributed by atoms with Crippen LogP contribution in [0.15, 0.2) is 12.2 Å². The molecule has 4 saturated carbocycles. The molecule has 4 heteroatoms. The van der Waals surface area contributed by atoms with Crippen LogP contribution in [0.25, 0.3) is 0 Å². The number of esters is 1. The van der Waals surface area contributed by atoms with Crippen molar-refractivity contribution in [2.45, 2.75) is 51.0 Å². The molecule has 0 heterocycles. The van der Waals surface area contributed by atoms with E-state index in [0.717, 1.165) is 38.5 Å². The second-order valence-corrected chi connectivity index (χ2v) is 7.95. The number of carbonyl (C=O) groups is 1. The molecule has 0 aromatic carbocycles. The summed E-state index contributed by atoms with van der Waals surface area (Å²) >= 11 is 0. The number of methoxy groups -OCH3 is 1. The molecule has 0 aromatic rings. The van der Waals surface area contributed by atoms with E-state index in [4.69, 9.17) is 9.47 Å². The van der Waals surface area contributed by atoms with Crippen LogP contribution in [0, 0.1) is 16.7 Å². The van der Waals surface area contributed by atoms with Crippen LogP contribution in [0.4, 0.5) is 0 Å². The molecule has 4 aliphatic carbocycles. The van der Waals surface area contributed by atoms with Gasteiger partial charge in [-0.05, 0) is 62.2 Å². The molecule has 0 aromatic heterocycles. The van der Waals surface area contributed by atoms with Gasteiger partial charge in [-0.25, -0.2) is 4.79 Å². The minimum atomic E-state index is -0.420. The Morgan fingerprint density at radius 1 is 1.24 bits per heavy atom. The number of carbonyl (C=O) groups excluding carboxylic acids is 1. The van der Waals surface area contributed by atoms with Gasteiger partial charge in [0.1, 0.15) is 5.60 Å². The lowest BCUT2D eigenvalue weighted by atomic mass is 9.43. The second-order valence-electron chi connectivity index (χ2n) is 7.95. The monoisotopic (exact) mass is 294 g/mol. The van der Waals surface area contributed by atoms with Crippen LogP contribution < -0.4 is 0 Å². The Morgan fingerprint density at radius 3 is 2.52 bits per heavy atom. The zero-order chi connectivity index (χ0) is 15.3. The molecule has 4 fully saturated rings. The molecule has 4 bridgehead atoms. The fourth-order valence-corrected chi connectivity index (χ4v) is 5.79. The van der Waals surface area contributed by atoms with Crippen LogP contribution in [0.5, 0.6) is 0 Å². The Balaban J connectivity index is 1.92. The first kappa shape index (κ1) is 15.0. The molecule has 4 atom stereocenters. The summed E-state index contributed by atoms with van der Waals surface area (Å²) in [6.07, 6.45) is 5.77. The Bertz CT molecular complexity index is 473. The molecular formula is C17H26O4. The minimum absolute atomic E-state index is 0.0618. The topological polar surface area (TPSA) is 55.8 Å². The van der Waals surface area contributed by atoms with Crippen molar-refractivity contribution in [3.05, 3.63) is 12.2 Å². The van der Waals surface area contributed by atoms with Crippen molar-refractivity contribution in [2.75, 3.05) is 20.3 Å². The van der Waals surface area contributed by atoms with Crippen LogP contribution >= 0.6 is 0 Å². The minimum Gasteiger partial charge on any atom is -0.456 e. The van der Waals surface area contributed by atoms with E-state index in [-0.39, 0.29) is 23.4 Å². The maximum atomic E-state index is 12.1. The molecule has 4 nitrogen and oxygen atoms in total. The summed E-state index contributed by atoms with van der Waals surface area (Å²) in [7, 11) is 1.73. The van der Waals surface area contributed by atoms with Crippen molar-refractivity contribution in [2.24, 2.45) is 16.7 Å². The van der Waals surface area contributed by atoms with E-state index in [1.165, 1.54) is 0 Å². The summed E-state index contributed by atoms with van der Waals surface area (Å²) in [5.41, 5.74) is 0.000538. The van der Waals surface area contributed by atoms with E-state index in [1.807, 2.05) is 0 Å². The first-order chi connectivity index (χ1) is 9.86. The summed E-state index contributed by atoms with van der Waals surface area (Å²) in [6, 6.07) is 0. The number of rotatable bonds is 5.